The lowest BCUT2D eigenvalue weighted by atomic mass is 9.98. The van der Waals surface area contributed by atoms with Crippen LogP contribution in [0, 0.1) is 0 Å². The van der Waals surface area contributed by atoms with Crippen LogP contribution in [0.25, 0.3) is 0 Å². The van der Waals surface area contributed by atoms with Gasteiger partial charge in [-0.25, -0.2) is 0 Å². The number of nitrogen functional groups attached to an aromatic ring is 1. The first kappa shape index (κ1) is 13.4. The van der Waals surface area contributed by atoms with E-state index in [2.05, 4.69) is 16.3 Å². The zero-order valence-electron chi connectivity index (χ0n) is 11.9. The van der Waals surface area contributed by atoms with Gasteiger partial charge in [0.15, 0.2) is 0 Å². The van der Waals surface area contributed by atoms with Crippen molar-refractivity contribution in [3.05, 3.63) is 29.3 Å². The van der Waals surface area contributed by atoms with Crippen LogP contribution in [0.3, 0.4) is 0 Å². The zero-order chi connectivity index (χ0) is 13.9. The van der Waals surface area contributed by atoms with Crippen molar-refractivity contribution in [3.8, 4) is 0 Å². The largest absolute Gasteiger partial charge is 0.398 e. The average Bonchev–Trinajstić information content (AvgIpc) is 2.91. The smallest absolute Gasteiger partial charge is 0.234 e. The Hall–Kier alpha value is -1.55. The summed E-state index contributed by atoms with van der Waals surface area (Å²) in [5, 5.41) is 3.16. The second-order valence-electron chi connectivity index (χ2n) is 5.99. The Balaban J connectivity index is 1.56. The third-order valence-electron chi connectivity index (χ3n) is 4.47. The molecule has 1 aliphatic heterocycles. The van der Waals surface area contributed by atoms with E-state index in [1.807, 2.05) is 12.1 Å². The van der Waals surface area contributed by atoms with E-state index in [0.717, 1.165) is 38.0 Å². The van der Waals surface area contributed by atoms with Gasteiger partial charge in [-0.05, 0) is 36.5 Å². The minimum absolute atomic E-state index is 0.171. The van der Waals surface area contributed by atoms with Gasteiger partial charge in [0.1, 0.15) is 0 Å². The first-order chi connectivity index (χ1) is 9.72. The molecule has 20 heavy (non-hydrogen) atoms. The summed E-state index contributed by atoms with van der Waals surface area (Å²) in [6.07, 6.45) is 5.73. The van der Waals surface area contributed by atoms with E-state index in [4.69, 9.17) is 5.73 Å². The van der Waals surface area contributed by atoms with E-state index in [1.165, 1.54) is 24.0 Å². The van der Waals surface area contributed by atoms with Crippen molar-refractivity contribution < 1.29 is 4.79 Å². The molecule has 1 aliphatic carbocycles. The first-order valence-corrected chi connectivity index (χ1v) is 7.60. The Morgan fingerprint density at radius 3 is 2.95 bits per heavy atom. The number of carbonyl (C=O) groups excluding carboxylic acids is 1. The summed E-state index contributed by atoms with van der Waals surface area (Å²) in [5.74, 6) is 0.171. The van der Waals surface area contributed by atoms with E-state index in [-0.39, 0.29) is 5.91 Å². The molecule has 1 fully saturated rings. The molecule has 1 amide bonds. The summed E-state index contributed by atoms with van der Waals surface area (Å²) in [6.45, 7) is 2.25. The number of amides is 1. The van der Waals surface area contributed by atoms with Crippen LogP contribution in [0.4, 0.5) is 5.69 Å². The Morgan fingerprint density at radius 1 is 1.35 bits per heavy atom. The molecule has 0 saturated heterocycles. The number of hydrogen-bond donors (Lipinski definition) is 2. The van der Waals surface area contributed by atoms with E-state index in [0.29, 0.717) is 12.6 Å². The van der Waals surface area contributed by atoms with Gasteiger partial charge in [-0.1, -0.05) is 25.0 Å². The molecule has 1 aromatic carbocycles. The Bertz CT molecular complexity index is 494. The highest BCUT2D eigenvalue weighted by molar-refractivity contribution is 5.78. The predicted octanol–water partition coefficient (Wildman–Crippen LogP) is 1.69. The molecule has 4 nitrogen and oxygen atoms in total. The van der Waals surface area contributed by atoms with Gasteiger partial charge in [-0.3, -0.25) is 9.69 Å². The second-order valence-corrected chi connectivity index (χ2v) is 5.99. The number of anilines is 1. The normalized spacial score (nSPS) is 19.8. The van der Waals surface area contributed by atoms with Crippen molar-refractivity contribution in [2.24, 2.45) is 0 Å². The highest BCUT2D eigenvalue weighted by Gasteiger charge is 2.22. The van der Waals surface area contributed by atoms with Crippen molar-refractivity contribution in [2.75, 3.05) is 18.8 Å². The summed E-state index contributed by atoms with van der Waals surface area (Å²) in [7, 11) is 0. The van der Waals surface area contributed by atoms with Gasteiger partial charge in [0.05, 0.1) is 6.54 Å². The number of benzene rings is 1. The molecule has 3 N–H and O–H groups in total. The molecule has 0 bridgehead atoms. The molecule has 0 atom stereocenters. The Kier molecular flexibility index (Phi) is 3.92. The van der Waals surface area contributed by atoms with Crippen LogP contribution < -0.4 is 11.1 Å². The number of hydrogen-bond acceptors (Lipinski definition) is 3. The predicted molar refractivity (Wildman–Crippen MR) is 80.2 cm³/mol. The average molecular weight is 273 g/mol. The van der Waals surface area contributed by atoms with E-state index >= 15 is 0 Å². The summed E-state index contributed by atoms with van der Waals surface area (Å²) in [6, 6.07) is 6.49. The molecule has 1 aromatic rings. The molecular weight excluding hydrogens is 250 g/mol. The highest BCUT2D eigenvalue weighted by atomic mass is 16.2. The Labute approximate surface area is 120 Å². The van der Waals surface area contributed by atoms with Crippen LogP contribution >= 0.6 is 0 Å². The number of carbonyl (C=O) groups is 1. The van der Waals surface area contributed by atoms with Crippen molar-refractivity contribution in [1.29, 1.82) is 0 Å². The SMILES string of the molecule is Nc1cccc2c1CCN(CC(=O)NC1CCCC1)C2. The molecule has 1 saturated carbocycles. The van der Waals surface area contributed by atoms with Gasteiger partial charge < -0.3 is 11.1 Å². The molecule has 0 spiro atoms. The quantitative estimate of drug-likeness (QED) is 0.824. The summed E-state index contributed by atoms with van der Waals surface area (Å²) in [5.41, 5.74) is 9.42. The maximum absolute atomic E-state index is 12.1. The third kappa shape index (κ3) is 2.96. The molecule has 0 radical (unpaired) electrons. The monoisotopic (exact) mass is 273 g/mol. The van der Waals surface area contributed by atoms with Gasteiger partial charge in [0.2, 0.25) is 5.91 Å². The van der Waals surface area contributed by atoms with Crippen molar-refractivity contribution in [1.82, 2.24) is 10.2 Å². The van der Waals surface area contributed by atoms with Crippen LogP contribution in [0.15, 0.2) is 18.2 Å². The fraction of sp³-hybridized carbons (Fsp3) is 0.562. The van der Waals surface area contributed by atoms with E-state index in [9.17, 15) is 4.79 Å². The van der Waals surface area contributed by atoms with Crippen LogP contribution in [0.5, 0.6) is 0 Å². The number of nitrogens with two attached hydrogens (primary N) is 1. The fourth-order valence-corrected chi connectivity index (χ4v) is 3.38. The summed E-state index contributed by atoms with van der Waals surface area (Å²) < 4.78 is 0. The maximum atomic E-state index is 12.1. The van der Waals surface area contributed by atoms with E-state index < -0.39 is 0 Å². The zero-order valence-corrected chi connectivity index (χ0v) is 11.9. The van der Waals surface area contributed by atoms with Crippen LogP contribution in [0.1, 0.15) is 36.8 Å². The molecule has 3 rings (SSSR count). The van der Waals surface area contributed by atoms with Gasteiger partial charge in [-0.2, -0.15) is 0 Å². The minimum atomic E-state index is 0.171. The summed E-state index contributed by atoms with van der Waals surface area (Å²) in [4.78, 5) is 14.3. The molecule has 2 aliphatic rings. The summed E-state index contributed by atoms with van der Waals surface area (Å²) >= 11 is 0. The van der Waals surface area contributed by atoms with Gasteiger partial charge in [0.25, 0.3) is 0 Å². The molecule has 1 heterocycles. The molecule has 0 aromatic heterocycles. The Morgan fingerprint density at radius 2 is 2.15 bits per heavy atom. The minimum Gasteiger partial charge on any atom is -0.398 e. The second kappa shape index (κ2) is 5.83. The van der Waals surface area contributed by atoms with E-state index in [1.54, 1.807) is 0 Å². The lowest BCUT2D eigenvalue weighted by molar-refractivity contribution is -0.123. The number of fused-ring (bicyclic) bond motifs is 1. The molecular formula is C16H23N3O. The molecule has 108 valence electrons. The number of rotatable bonds is 3. The van der Waals surface area contributed by atoms with Crippen LogP contribution in [0.2, 0.25) is 0 Å². The maximum Gasteiger partial charge on any atom is 0.234 e. The standard InChI is InChI=1S/C16H23N3O/c17-15-7-3-4-12-10-19(9-8-14(12)15)11-16(20)18-13-5-1-2-6-13/h3-4,7,13H,1-2,5-6,8-11,17H2,(H,18,20). The van der Waals surface area contributed by atoms with Crippen molar-refractivity contribution in [2.45, 2.75) is 44.7 Å². The highest BCUT2D eigenvalue weighted by Crippen LogP contribution is 2.24. The lowest BCUT2D eigenvalue weighted by Crippen LogP contribution is -2.42. The van der Waals surface area contributed by atoms with Gasteiger partial charge in [-0.15, -0.1) is 0 Å². The molecule has 0 unspecified atom stereocenters. The number of nitrogens with one attached hydrogen (secondary N) is 1. The number of nitrogens with zero attached hydrogens (tertiary/aromatic N) is 1. The van der Waals surface area contributed by atoms with Crippen molar-refractivity contribution in [3.63, 3.8) is 0 Å². The first-order valence-electron chi connectivity index (χ1n) is 7.60. The van der Waals surface area contributed by atoms with Crippen molar-refractivity contribution >= 4 is 11.6 Å². The van der Waals surface area contributed by atoms with Gasteiger partial charge in [0, 0.05) is 24.8 Å². The fourth-order valence-electron chi connectivity index (χ4n) is 3.38. The van der Waals surface area contributed by atoms with Crippen LogP contribution in [-0.2, 0) is 17.8 Å². The van der Waals surface area contributed by atoms with Crippen LogP contribution in [-0.4, -0.2) is 29.9 Å². The topological polar surface area (TPSA) is 58.4 Å². The van der Waals surface area contributed by atoms with Gasteiger partial charge >= 0.3 is 0 Å². The lowest BCUT2D eigenvalue weighted by Gasteiger charge is -2.29. The molecule has 4 heteroatoms. The third-order valence-corrected chi connectivity index (χ3v) is 4.47.